The van der Waals surface area contributed by atoms with E-state index in [-0.39, 0.29) is 18.6 Å². The van der Waals surface area contributed by atoms with Gasteiger partial charge in [0.25, 0.3) is 0 Å². The van der Waals surface area contributed by atoms with Gasteiger partial charge < -0.3 is 20.2 Å². The standard InChI is InChI=1S/C22H19NO5/c24-20-11-9-19(10-12-20)23(17-5-1-15(2-6-17)13-21(25)26)18-7-3-16(4-8-18)14-22(27)28/h1-12,24H,13-14H2,(H,25,26)(H,27,28). The molecule has 0 saturated heterocycles. The van der Waals surface area contributed by atoms with Crippen LogP contribution in [0.15, 0.2) is 72.8 Å². The van der Waals surface area contributed by atoms with E-state index in [4.69, 9.17) is 10.2 Å². The summed E-state index contributed by atoms with van der Waals surface area (Å²) in [6, 6.07) is 21.1. The topological polar surface area (TPSA) is 98.1 Å². The fourth-order valence-electron chi connectivity index (χ4n) is 2.92. The molecule has 0 radical (unpaired) electrons. The fraction of sp³-hybridized carbons (Fsp3) is 0.0909. The zero-order valence-corrected chi connectivity index (χ0v) is 14.9. The molecule has 6 nitrogen and oxygen atoms in total. The predicted octanol–water partition coefficient (Wildman–Crippen LogP) is 4.12. The highest BCUT2D eigenvalue weighted by Gasteiger charge is 2.13. The number of aliphatic carboxylic acids is 2. The van der Waals surface area contributed by atoms with Gasteiger partial charge in [-0.2, -0.15) is 0 Å². The zero-order chi connectivity index (χ0) is 20.1. The molecule has 0 aliphatic carbocycles. The summed E-state index contributed by atoms with van der Waals surface area (Å²) in [4.78, 5) is 23.7. The molecule has 6 heteroatoms. The molecule has 0 unspecified atom stereocenters. The van der Waals surface area contributed by atoms with Crippen molar-refractivity contribution in [1.82, 2.24) is 0 Å². The van der Waals surface area contributed by atoms with Gasteiger partial charge in [0.2, 0.25) is 0 Å². The number of phenolic OH excluding ortho intramolecular Hbond substituents is 1. The van der Waals surface area contributed by atoms with E-state index in [0.717, 1.165) is 17.1 Å². The summed E-state index contributed by atoms with van der Waals surface area (Å²) in [6.07, 6.45) is -0.104. The maximum atomic E-state index is 10.9. The van der Waals surface area contributed by atoms with E-state index in [1.165, 1.54) is 0 Å². The Morgan fingerprint density at radius 1 is 0.607 bits per heavy atom. The van der Waals surface area contributed by atoms with E-state index in [1.807, 2.05) is 29.2 Å². The molecule has 142 valence electrons. The number of hydrogen-bond acceptors (Lipinski definition) is 4. The smallest absolute Gasteiger partial charge is 0.307 e. The number of anilines is 3. The number of aromatic hydroxyl groups is 1. The van der Waals surface area contributed by atoms with Gasteiger partial charge >= 0.3 is 11.9 Å². The normalized spacial score (nSPS) is 10.4. The number of hydrogen-bond donors (Lipinski definition) is 3. The van der Waals surface area contributed by atoms with E-state index in [2.05, 4.69) is 0 Å². The van der Waals surface area contributed by atoms with Crippen molar-refractivity contribution in [3.63, 3.8) is 0 Å². The van der Waals surface area contributed by atoms with Gasteiger partial charge in [-0.05, 0) is 59.7 Å². The number of benzene rings is 3. The summed E-state index contributed by atoms with van der Waals surface area (Å²) < 4.78 is 0. The minimum atomic E-state index is -0.892. The van der Waals surface area contributed by atoms with Crippen LogP contribution in [0.4, 0.5) is 17.1 Å². The van der Waals surface area contributed by atoms with Crippen LogP contribution >= 0.6 is 0 Å². The van der Waals surface area contributed by atoms with Crippen LogP contribution in [0.1, 0.15) is 11.1 Å². The maximum Gasteiger partial charge on any atom is 0.307 e. The number of nitrogens with zero attached hydrogens (tertiary/aromatic N) is 1. The molecule has 0 aliphatic rings. The van der Waals surface area contributed by atoms with Gasteiger partial charge in [-0.1, -0.05) is 24.3 Å². The quantitative estimate of drug-likeness (QED) is 0.573. The first kappa shape index (κ1) is 19.0. The molecule has 3 aromatic carbocycles. The molecule has 0 heterocycles. The fourth-order valence-corrected chi connectivity index (χ4v) is 2.92. The van der Waals surface area contributed by atoms with E-state index < -0.39 is 11.9 Å². The second-order valence-corrected chi connectivity index (χ2v) is 6.33. The minimum absolute atomic E-state index is 0.0522. The molecule has 0 aliphatic heterocycles. The lowest BCUT2D eigenvalue weighted by atomic mass is 10.1. The Morgan fingerprint density at radius 2 is 0.929 bits per heavy atom. The Bertz CT molecular complexity index is 904. The molecule has 0 atom stereocenters. The van der Waals surface area contributed by atoms with Crippen LogP contribution in [0.2, 0.25) is 0 Å². The first-order valence-corrected chi connectivity index (χ1v) is 8.63. The highest BCUT2D eigenvalue weighted by molar-refractivity contribution is 5.78. The van der Waals surface area contributed by atoms with Gasteiger partial charge in [0.05, 0.1) is 12.8 Å². The van der Waals surface area contributed by atoms with Crippen LogP contribution in [0, 0.1) is 0 Å². The van der Waals surface area contributed by atoms with Crippen molar-refractivity contribution in [2.75, 3.05) is 4.90 Å². The first-order valence-electron chi connectivity index (χ1n) is 8.63. The molecule has 28 heavy (non-hydrogen) atoms. The lowest BCUT2D eigenvalue weighted by molar-refractivity contribution is -0.137. The molecular weight excluding hydrogens is 358 g/mol. The van der Waals surface area contributed by atoms with Gasteiger partial charge in [-0.25, -0.2) is 0 Å². The lowest BCUT2D eigenvalue weighted by Crippen LogP contribution is -2.10. The number of phenols is 1. The van der Waals surface area contributed by atoms with Gasteiger partial charge in [0.15, 0.2) is 0 Å². The molecule has 3 N–H and O–H groups in total. The highest BCUT2D eigenvalue weighted by Crippen LogP contribution is 2.35. The number of carbonyl (C=O) groups is 2. The SMILES string of the molecule is O=C(O)Cc1ccc(N(c2ccc(O)cc2)c2ccc(CC(=O)O)cc2)cc1. The largest absolute Gasteiger partial charge is 0.508 e. The van der Waals surface area contributed by atoms with Crippen molar-refractivity contribution in [1.29, 1.82) is 0 Å². The van der Waals surface area contributed by atoms with E-state index >= 15 is 0 Å². The summed E-state index contributed by atoms with van der Waals surface area (Å²) in [6.45, 7) is 0. The predicted molar refractivity (Wildman–Crippen MR) is 105 cm³/mol. The van der Waals surface area contributed by atoms with Crippen LogP contribution in [-0.2, 0) is 22.4 Å². The second kappa shape index (κ2) is 8.26. The molecular formula is C22H19NO5. The van der Waals surface area contributed by atoms with E-state index in [1.54, 1.807) is 48.5 Å². The number of carboxylic acids is 2. The average molecular weight is 377 g/mol. The second-order valence-electron chi connectivity index (χ2n) is 6.33. The Hall–Kier alpha value is -3.80. The van der Waals surface area contributed by atoms with Crippen molar-refractivity contribution in [3.05, 3.63) is 83.9 Å². The van der Waals surface area contributed by atoms with Gasteiger partial charge in [0, 0.05) is 17.1 Å². The summed E-state index contributed by atoms with van der Waals surface area (Å²) in [5.74, 6) is -1.63. The van der Waals surface area contributed by atoms with Gasteiger partial charge in [-0.3, -0.25) is 9.59 Å². The highest BCUT2D eigenvalue weighted by atomic mass is 16.4. The van der Waals surface area contributed by atoms with Gasteiger partial charge in [-0.15, -0.1) is 0 Å². The van der Waals surface area contributed by atoms with Gasteiger partial charge in [0.1, 0.15) is 5.75 Å². The van der Waals surface area contributed by atoms with E-state index in [0.29, 0.717) is 11.1 Å². The first-order chi connectivity index (χ1) is 13.4. The molecule has 0 amide bonds. The summed E-state index contributed by atoms with van der Waals surface area (Å²) >= 11 is 0. The third-order valence-electron chi connectivity index (χ3n) is 4.21. The molecule has 0 bridgehead atoms. The average Bonchev–Trinajstić information content (AvgIpc) is 2.65. The molecule has 3 aromatic rings. The monoisotopic (exact) mass is 377 g/mol. The van der Waals surface area contributed by atoms with Crippen LogP contribution in [0.3, 0.4) is 0 Å². The Balaban J connectivity index is 1.99. The summed E-state index contributed by atoms with van der Waals surface area (Å²) in [7, 11) is 0. The Kier molecular flexibility index (Phi) is 5.60. The van der Waals surface area contributed by atoms with Crippen molar-refractivity contribution in [2.45, 2.75) is 12.8 Å². The molecule has 0 fully saturated rings. The summed E-state index contributed by atoms with van der Waals surface area (Å²) in [5, 5.41) is 27.5. The third-order valence-corrected chi connectivity index (χ3v) is 4.21. The van der Waals surface area contributed by atoms with Crippen molar-refractivity contribution >= 4 is 29.0 Å². The molecule has 3 rings (SSSR count). The molecule has 0 aromatic heterocycles. The van der Waals surface area contributed by atoms with Crippen molar-refractivity contribution < 1.29 is 24.9 Å². The van der Waals surface area contributed by atoms with Crippen molar-refractivity contribution in [2.24, 2.45) is 0 Å². The van der Waals surface area contributed by atoms with Crippen LogP contribution in [0.5, 0.6) is 5.75 Å². The Labute approximate surface area is 161 Å². The lowest BCUT2D eigenvalue weighted by Gasteiger charge is -2.26. The van der Waals surface area contributed by atoms with E-state index in [9.17, 15) is 14.7 Å². The molecule has 0 spiro atoms. The minimum Gasteiger partial charge on any atom is -0.508 e. The molecule has 0 saturated carbocycles. The van der Waals surface area contributed by atoms with Crippen molar-refractivity contribution in [3.8, 4) is 5.75 Å². The number of rotatable bonds is 7. The Morgan fingerprint density at radius 3 is 1.25 bits per heavy atom. The number of carboxylic acid groups (broad SMARTS) is 2. The van der Waals surface area contributed by atoms with Crippen LogP contribution < -0.4 is 4.90 Å². The van der Waals surface area contributed by atoms with Crippen LogP contribution in [0.25, 0.3) is 0 Å². The van der Waals surface area contributed by atoms with Crippen LogP contribution in [-0.4, -0.2) is 27.3 Å². The summed E-state index contributed by atoms with van der Waals surface area (Å²) in [5.41, 5.74) is 3.81. The maximum absolute atomic E-state index is 10.9. The third kappa shape index (κ3) is 4.67. The zero-order valence-electron chi connectivity index (χ0n) is 14.9.